The molecule has 114 valence electrons. The van der Waals surface area contributed by atoms with E-state index in [9.17, 15) is 19.7 Å². The van der Waals surface area contributed by atoms with Crippen LogP contribution < -0.4 is 0 Å². The molecule has 1 aromatic carbocycles. The highest BCUT2D eigenvalue weighted by Crippen LogP contribution is 2.28. The maximum Gasteiger partial charge on any atom is 0.324 e. The van der Waals surface area contributed by atoms with Crippen molar-refractivity contribution in [3.05, 3.63) is 37.4 Å². The van der Waals surface area contributed by atoms with Gasteiger partial charge in [-0.05, 0) is 48.1 Å². The summed E-state index contributed by atoms with van der Waals surface area (Å²) in [6.07, 6.45) is 0. The van der Waals surface area contributed by atoms with Crippen LogP contribution >= 0.6 is 22.6 Å². The number of non-ortho nitro benzene ring substituents is 1. The second-order valence-corrected chi connectivity index (χ2v) is 5.06. The van der Waals surface area contributed by atoms with Crippen molar-refractivity contribution in [3.8, 4) is 0 Å². The van der Waals surface area contributed by atoms with E-state index in [2.05, 4.69) is 0 Å². The fraction of sp³-hybridized carbons (Fsp3) is 0.385. The van der Waals surface area contributed by atoms with Crippen LogP contribution in [0.15, 0.2) is 18.2 Å². The molecule has 1 aromatic rings. The van der Waals surface area contributed by atoms with Crippen molar-refractivity contribution >= 4 is 40.2 Å². The van der Waals surface area contributed by atoms with E-state index in [0.717, 1.165) is 0 Å². The lowest BCUT2D eigenvalue weighted by atomic mass is 9.99. The number of nitro groups is 1. The molecule has 8 heteroatoms. The Labute approximate surface area is 134 Å². The molecule has 0 N–H and O–H groups in total. The number of benzene rings is 1. The molecule has 0 fully saturated rings. The summed E-state index contributed by atoms with van der Waals surface area (Å²) < 4.78 is 10.2. The summed E-state index contributed by atoms with van der Waals surface area (Å²) in [5, 5.41) is 10.7. The summed E-state index contributed by atoms with van der Waals surface area (Å²) in [6.45, 7) is 3.50. The van der Waals surface area contributed by atoms with Crippen LogP contribution in [-0.2, 0) is 19.1 Å². The van der Waals surface area contributed by atoms with Crippen LogP contribution in [0.2, 0.25) is 0 Å². The number of hydrogen-bond acceptors (Lipinski definition) is 6. The van der Waals surface area contributed by atoms with Gasteiger partial charge in [-0.15, -0.1) is 0 Å². The molecule has 0 saturated carbocycles. The van der Waals surface area contributed by atoms with Gasteiger partial charge in [-0.1, -0.05) is 0 Å². The summed E-state index contributed by atoms with van der Waals surface area (Å²) in [5.41, 5.74) is 0.215. The number of hydrogen-bond donors (Lipinski definition) is 0. The number of ether oxygens (including phenoxy) is 2. The molecule has 0 aliphatic carbocycles. The predicted octanol–water partition coefficient (Wildman–Crippen LogP) is 2.41. The Balaban J connectivity index is 3.22. The standard InChI is InChI=1S/C13H14INO6/c1-3-20-12(16)11(13(17)21-4-2)9-6-5-8(15(18)19)7-10(9)14/h5-7,11H,3-4H2,1-2H3. The number of esters is 2. The van der Waals surface area contributed by atoms with E-state index in [1.54, 1.807) is 13.8 Å². The zero-order valence-electron chi connectivity index (χ0n) is 11.5. The number of nitrogens with zero attached hydrogens (tertiary/aromatic N) is 1. The molecule has 0 radical (unpaired) electrons. The lowest BCUT2D eigenvalue weighted by Gasteiger charge is -2.15. The van der Waals surface area contributed by atoms with Crippen LogP contribution in [0.3, 0.4) is 0 Å². The minimum atomic E-state index is -1.24. The molecule has 0 aliphatic rings. The van der Waals surface area contributed by atoms with Crippen molar-refractivity contribution in [1.29, 1.82) is 0 Å². The number of halogens is 1. The number of nitro benzene ring substituents is 1. The summed E-state index contributed by atoms with van der Waals surface area (Å²) >= 11 is 1.84. The molecule has 0 heterocycles. The summed E-state index contributed by atoms with van der Waals surface area (Å²) in [7, 11) is 0. The molecule has 0 unspecified atom stereocenters. The molecule has 0 aliphatic heterocycles. The first-order valence-corrected chi connectivity index (χ1v) is 7.27. The Morgan fingerprint density at radius 3 is 2.14 bits per heavy atom. The Kier molecular flexibility index (Phi) is 6.53. The van der Waals surface area contributed by atoms with Crippen molar-refractivity contribution in [2.45, 2.75) is 19.8 Å². The highest BCUT2D eigenvalue weighted by molar-refractivity contribution is 14.1. The van der Waals surface area contributed by atoms with E-state index >= 15 is 0 Å². The quantitative estimate of drug-likeness (QED) is 0.236. The fourth-order valence-corrected chi connectivity index (χ4v) is 2.48. The molecule has 0 spiro atoms. The van der Waals surface area contributed by atoms with E-state index < -0.39 is 22.8 Å². The van der Waals surface area contributed by atoms with Crippen molar-refractivity contribution in [1.82, 2.24) is 0 Å². The molecule has 0 amide bonds. The monoisotopic (exact) mass is 407 g/mol. The summed E-state index contributed by atoms with van der Waals surface area (Å²) in [5.74, 6) is -2.71. The van der Waals surface area contributed by atoms with Gasteiger partial charge in [0.15, 0.2) is 5.92 Å². The van der Waals surface area contributed by atoms with Gasteiger partial charge in [0.1, 0.15) is 0 Å². The highest BCUT2D eigenvalue weighted by atomic mass is 127. The SMILES string of the molecule is CCOC(=O)C(C(=O)OCC)c1ccc([N+](=O)[O-])cc1I. The Hall–Kier alpha value is -1.71. The van der Waals surface area contributed by atoms with Crippen molar-refractivity contribution < 1.29 is 24.0 Å². The third-order valence-electron chi connectivity index (χ3n) is 2.55. The van der Waals surface area contributed by atoms with Gasteiger partial charge in [-0.3, -0.25) is 19.7 Å². The molecule has 21 heavy (non-hydrogen) atoms. The topological polar surface area (TPSA) is 95.7 Å². The van der Waals surface area contributed by atoms with Crippen LogP contribution in [-0.4, -0.2) is 30.1 Å². The average Bonchev–Trinajstić information content (AvgIpc) is 2.41. The van der Waals surface area contributed by atoms with E-state index in [0.29, 0.717) is 9.13 Å². The maximum absolute atomic E-state index is 12.0. The molecule has 1 rings (SSSR count). The fourth-order valence-electron chi connectivity index (χ4n) is 1.67. The lowest BCUT2D eigenvalue weighted by Crippen LogP contribution is -2.27. The average molecular weight is 407 g/mol. The minimum Gasteiger partial charge on any atom is -0.465 e. The van der Waals surface area contributed by atoms with E-state index in [1.165, 1.54) is 18.2 Å². The number of carbonyl (C=O) groups is 2. The second kappa shape index (κ2) is 7.91. The molecular weight excluding hydrogens is 393 g/mol. The largest absolute Gasteiger partial charge is 0.465 e. The lowest BCUT2D eigenvalue weighted by molar-refractivity contribution is -0.385. The van der Waals surface area contributed by atoms with Gasteiger partial charge in [0, 0.05) is 15.7 Å². The Bertz CT molecular complexity index is 542. The van der Waals surface area contributed by atoms with E-state index in [-0.39, 0.29) is 18.9 Å². The van der Waals surface area contributed by atoms with E-state index in [1.807, 2.05) is 22.6 Å². The third kappa shape index (κ3) is 4.38. The summed E-state index contributed by atoms with van der Waals surface area (Å²) in [4.78, 5) is 34.1. The van der Waals surface area contributed by atoms with E-state index in [4.69, 9.17) is 9.47 Å². The third-order valence-corrected chi connectivity index (χ3v) is 3.48. The van der Waals surface area contributed by atoms with Crippen LogP contribution in [0.4, 0.5) is 5.69 Å². The van der Waals surface area contributed by atoms with Gasteiger partial charge >= 0.3 is 11.9 Å². The second-order valence-electron chi connectivity index (χ2n) is 3.90. The van der Waals surface area contributed by atoms with Crippen molar-refractivity contribution in [3.63, 3.8) is 0 Å². The Morgan fingerprint density at radius 1 is 1.24 bits per heavy atom. The normalized spacial score (nSPS) is 10.3. The van der Waals surface area contributed by atoms with Crippen LogP contribution in [0.5, 0.6) is 0 Å². The highest BCUT2D eigenvalue weighted by Gasteiger charge is 2.33. The first-order chi connectivity index (χ1) is 9.92. The zero-order chi connectivity index (χ0) is 16.0. The molecule has 0 aromatic heterocycles. The van der Waals surface area contributed by atoms with Gasteiger partial charge in [0.2, 0.25) is 0 Å². The zero-order valence-corrected chi connectivity index (χ0v) is 13.7. The van der Waals surface area contributed by atoms with Crippen LogP contribution in [0.1, 0.15) is 25.3 Å². The van der Waals surface area contributed by atoms with Gasteiger partial charge in [0.05, 0.1) is 18.1 Å². The van der Waals surface area contributed by atoms with Crippen molar-refractivity contribution in [2.24, 2.45) is 0 Å². The van der Waals surface area contributed by atoms with Gasteiger partial charge < -0.3 is 9.47 Å². The summed E-state index contributed by atoms with van der Waals surface area (Å²) in [6, 6.07) is 3.91. The van der Waals surface area contributed by atoms with Gasteiger partial charge in [-0.2, -0.15) is 0 Å². The van der Waals surface area contributed by atoms with Crippen LogP contribution in [0, 0.1) is 13.7 Å². The first kappa shape index (κ1) is 17.3. The molecular formula is C13H14INO6. The predicted molar refractivity (Wildman–Crippen MR) is 81.8 cm³/mol. The van der Waals surface area contributed by atoms with Gasteiger partial charge in [0.25, 0.3) is 5.69 Å². The van der Waals surface area contributed by atoms with Crippen LogP contribution in [0.25, 0.3) is 0 Å². The smallest absolute Gasteiger partial charge is 0.324 e. The molecule has 7 nitrogen and oxygen atoms in total. The number of carbonyl (C=O) groups excluding carboxylic acids is 2. The minimum absolute atomic E-state index is 0.116. The molecule has 0 atom stereocenters. The Morgan fingerprint density at radius 2 is 1.76 bits per heavy atom. The first-order valence-electron chi connectivity index (χ1n) is 6.19. The van der Waals surface area contributed by atoms with Gasteiger partial charge in [-0.25, -0.2) is 0 Å². The molecule has 0 bridgehead atoms. The number of rotatable bonds is 6. The molecule has 0 saturated heterocycles. The maximum atomic E-state index is 12.0. The van der Waals surface area contributed by atoms with Crippen molar-refractivity contribution in [2.75, 3.05) is 13.2 Å².